The number of ether oxygens (including phenoxy) is 2. The van der Waals surface area contributed by atoms with Crippen molar-refractivity contribution in [1.29, 1.82) is 0 Å². The van der Waals surface area contributed by atoms with E-state index in [0.29, 0.717) is 16.4 Å². The normalized spacial score (nSPS) is 13.6. The number of hydrogen-bond donors (Lipinski definition) is 0. The number of aromatic nitrogens is 1. The van der Waals surface area contributed by atoms with Crippen molar-refractivity contribution in [2.45, 2.75) is 19.9 Å². The summed E-state index contributed by atoms with van der Waals surface area (Å²) in [5, 5.41) is 0.652. The van der Waals surface area contributed by atoms with E-state index in [1.54, 1.807) is 12.1 Å². The van der Waals surface area contributed by atoms with Crippen LogP contribution in [-0.2, 0) is 17.8 Å². The summed E-state index contributed by atoms with van der Waals surface area (Å²) in [6.07, 6.45) is 0.248. The van der Waals surface area contributed by atoms with Crippen molar-refractivity contribution in [3.05, 3.63) is 51.8 Å². The highest BCUT2D eigenvalue weighted by molar-refractivity contribution is 7.16. The summed E-state index contributed by atoms with van der Waals surface area (Å²) in [4.78, 5) is 17.4. The lowest BCUT2D eigenvalue weighted by Crippen LogP contribution is -2.16. The Hall–Kier alpha value is -2.31. The molecule has 0 radical (unpaired) electrons. The summed E-state index contributed by atoms with van der Waals surface area (Å²) >= 11 is 7.35. The van der Waals surface area contributed by atoms with Crippen LogP contribution >= 0.6 is 22.9 Å². The molecule has 0 bridgehead atoms. The molecule has 1 aliphatic rings. The Balaban J connectivity index is 1.71. The van der Waals surface area contributed by atoms with E-state index in [4.69, 9.17) is 21.1 Å². The molecule has 25 heavy (non-hydrogen) atoms. The molecule has 0 spiro atoms. The second kappa shape index (κ2) is 6.54. The average molecular weight is 375 g/mol. The lowest BCUT2D eigenvalue weighted by molar-refractivity contribution is -0.117. The number of aryl methyl sites for hydroxylation is 1. The van der Waals surface area contributed by atoms with Gasteiger partial charge < -0.3 is 14.0 Å². The van der Waals surface area contributed by atoms with Crippen LogP contribution in [0, 0.1) is 0 Å². The minimum absolute atomic E-state index is 0.184. The van der Waals surface area contributed by atoms with Crippen molar-refractivity contribution in [3.8, 4) is 11.5 Å². The third-order valence-electron chi connectivity index (χ3n) is 3.98. The SMILES string of the molecule is CCn1c(=NC(=O)Cc2ccc(Cl)cc2)sc2cc3c(cc21)OCO3. The van der Waals surface area contributed by atoms with Crippen molar-refractivity contribution in [3.63, 3.8) is 0 Å². The van der Waals surface area contributed by atoms with E-state index in [1.807, 2.05) is 35.8 Å². The predicted octanol–water partition coefficient (Wildman–Crippen LogP) is 3.77. The topological polar surface area (TPSA) is 52.8 Å². The highest BCUT2D eigenvalue weighted by Gasteiger charge is 2.17. The van der Waals surface area contributed by atoms with Gasteiger partial charge in [-0.05, 0) is 24.6 Å². The molecule has 0 saturated carbocycles. The van der Waals surface area contributed by atoms with Crippen LogP contribution in [0.3, 0.4) is 0 Å². The number of amides is 1. The zero-order chi connectivity index (χ0) is 17.4. The number of thiazole rings is 1. The highest BCUT2D eigenvalue weighted by atomic mass is 35.5. The van der Waals surface area contributed by atoms with Crippen LogP contribution in [0.5, 0.6) is 11.5 Å². The molecule has 2 aromatic carbocycles. The molecule has 0 aliphatic carbocycles. The van der Waals surface area contributed by atoms with E-state index in [0.717, 1.165) is 27.3 Å². The summed E-state index contributed by atoms with van der Waals surface area (Å²) < 4.78 is 13.9. The average Bonchev–Trinajstić information content (AvgIpc) is 3.17. The van der Waals surface area contributed by atoms with Gasteiger partial charge in [0.15, 0.2) is 16.3 Å². The Bertz CT molecular complexity index is 1020. The van der Waals surface area contributed by atoms with Crippen LogP contribution in [0.2, 0.25) is 5.02 Å². The van der Waals surface area contributed by atoms with Gasteiger partial charge in [0.2, 0.25) is 6.79 Å². The van der Waals surface area contributed by atoms with Gasteiger partial charge in [0, 0.05) is 23.7 Å². The third-order valence-corrected chi connectivity index (χ3v) is 5.28. The Labute approximate surface area is 153 Å². The lowest BCUT2D eigenvalue weighted by Gasteiger charge is -2.02. The monoisotopic (exact) mass is 374 g/mol. The molecule has 5 nitrogen and oxygen atoms in total. The minimum atomic E-state index is -0.184. The lowest BCUT2D eigenvalue weighted by atomic mass is 10.1. The van der Waals surface area contributed by atoms with Gasteiger partial charge in [-0.25, -0.2) is 0 Å². The molecular formula is C18H15ClN2O3S. The summed E-state index contributed by atoms with van der Waals surface area (Å²) in [5.74, 6) is 1.28. The first kappa shape index (κ1) is 16.2. The van der Waals surface area contributed by atoms with E-state index in [1.165, 1.54) is 11.3 Å². The Morgan fingerprint density at radius 2 is 1.96 bits per heavy atom. The highest BCUT2D eigenvalue weighted by Crippen LogP contribution is 2.36. The van der Waals surface area contributed by atoms with Gasteiger partial charge >= 0.3 is 0 Å². The van der Waals surface area contributed by atoms with Crippen molar-refractivity contribution < 1.29 is 14.3 Å². The van der Waals surface area contributed by atoms with E-state index in [9.17, 15) is 4.79 Å². The number of carbonyl (C=O) groups is 1. The summed E-state index contributed by atoms with van der Waals surface area (Å²) in [5.41, 5.74) is 1.89. The van der Waals surface area contributed by atoms with Crippen LogP contribution in [0.4, 0.5) is 0 Å². The van der Waals surface area contributed by atoms with Gasteiger partial charge in [-0.1, -0.05) is 35.1 Å². The maximum absolute atomic E-state index is 12.4. The molecule has 1 aromatic heterocycles. The molecule has 7 heteroatoms. The van der Waals surface area contributed by atoms with Gasteiger partial charge in [-0.2, -0.15) is 4.99 Å². The molecule has 1 amide bonds. The van der Waals surface area contributed by atoms with Gasteiger partial charge in [-0.3, -0.25) is 4.79 Å². The molecule has 4 rings (SSSR count). The van der Waals surface area contributed by atoms with Gasteiger partial charge in [-0.15, -0.1) is 0 Å². The fraction of sp³-hybridized carbons (Fsp3) is 0.222. The third kappa shape index (κ3) is 3.15. The van der Waals surface area contributed by atoms with Gasteiger partial charge in [0.25, 0.3) is 5.91 Å². The number of rotatable bonds is 3. The van der Waals surface area contributed by atoms with E-state index >= 15 is 0 Å². The molecule has 0 N–H and O–H groups in total. The maximum atomic E-state index is 12.4. The molecule has 0 atom stereocenters. The number of carbonyl (C=O) groups excluding carboxylic acids is 1. The molecule has 0 fully saturated rings. The summed E-state index contributed by atoms with van der Waals surface area (Å²) in [6, 6.07) is 11.1. The first-order chi connectivity index (χ1) is 12.1. The molecule has 2 heterocycles. The zero-order valence-corrected chi connectivity index (χ0v) is 15.1. The fourth-order valence-electron chi connectivity index (χ4n) is 2.77. The maximum Gasteiger partial charge on any atom is 0.252 e. The second-order valence-electron chi connectivity index (χ2n) is 5.61. The Morgan fingerprint density at radius 1 is 1.24 bits per heavy atom. The molecule has 3 aromatic rings. The van der Waals surface area contributed by atoms with Crippen LogP contribution in [0.15, 0.2) is 41.4 Å². The zero-order valence-electron chi connectivity index (χ0n) is 13.5. The first-order valence-corrected chi connectivity index (χ1v) is 9.08. The Kier molecular flexibility index (Phi) is 4.23. The second-order valence-corrected chi connectivity index (χ2v) is 7.06. The van der Waals surface area contributed by atoms with Crippen molar-refractivity contribution in [2.75, 3.05) is 6.79 Å². The standard InChI is InChI=1S/C18H15ClN2O3S/c1-2-21-13-8-14-15(24-10-23-14)9-16(13)25-18(21)20-17(22)7-11-3-5-12(19)6-4-11/h3-6,8-9H,2,7,10H2,1H3. The quantitative estimate of drug-likeness (QED) is 0.701. The number of fused-ring (bicyclic) bond motifs is 2. The summed E-state index contributed by atoms with van der Waals surface area (Å²) in [6.45, 7) is 2.99. The van der Waals surface area contributed by atoms with E-state index < -0.39 is 0 Å². The summed E-state index contributed by atoms with van der Waals surface area (Å²) in [7, 11) is 0. The number of halogens is 1. The van der Waals surface area contributed by atoms with Crippen LogP contribution in [-0.4, -0.2) is 17.3 Å². The molecule has 1 aliphatic heterocycles. The van der Waals surface area contributed by atoms with Crippen molar-refractivity contribution in [2.24, 2.45) is 4.99 Å². The van der Waals surface area contributed by atoms with Gasteiger partial charge in [0.05, 0.1) is 16.6 Å². The van der Waals surface area contributed by atoms with E-state index in [-0.39, 0.29) is 19.1 Å². The number of nitrogens with zero attached hydrogens (tertiary/aromatic N) is 2. The van der Waals surface area contributed by atoms with Crippen LogP contribution in [0.25, 0.3) is 10.2 Å². The smallest absolute Gasteiger partial charge is 0.252 e. The van der Waals surface area contributed by atoms with Crippen molar-refractivity contribution >= 4 is 39.1 Å². The Morgan fingerprint density at radius 3 is 2.68 bits per heavy atom. The predicted molar refractivity (Wildman–Crippen MR) is 97.3 cm³/mol. The first-order valence-electron chi connectivity index (χ1n) is 7.89. The molecule has 0 saturated heterocycles. The fourth-order valence-corrected chi connectivity index (χ4v) is 4.02. The largest absolute Gasteiger partial charge is 0.454 e. The van der Waals surface area contributed by atoms with Crippen LogP contribution < -0.4 is 14.3 Å². The molecule has 0 unspecified atom stereocenters. The minimum Gasteiger partial charge on any atom is -0.454 e. The van der Waals surface area contributed by atoms with Crippen molar-refractivity contribution in [1.82, 2.24) is 4.57 Å². The molecular weight excluding hydrogens is 360 g/mol. The van der Waals surface area contributed by atoms with Gasteiger partial charge in [0.1, 0.15) is 0 Å². The van der Waals surface area contributed by atoms with E-state index in [2.05, 4.69) is 4.99 Å². The molecule has 128 valence electrons. The van der Waals surface area contributed by atoms with Crippen LogP contribution in [0.1, 0.15) is 12.5 Å². The number of hydrogen-bond acceptors (Lipinski definition) is 4. The number of benzene rings is 2.